The number of nitrogens with zero attached hydrogens (tertiary/aromatic N) is 5. The van der Waals surface area contributed by atoms with Gasteiger partial charge in [-0.1, -0.05) is 5.16 Å². The summed E-state index contributed by atoms with van der Waals surface area (Å²) in [6.45, 7) is 3.75. The Bertz CT molecular complexity index is 515. The molecular weight excluding hydrogens is 234 g/mol. The molecule has 0 saturated carbocycles. The number of rotatable bonds is 2. The lowest BCUT2D eigenvalue weighted by atomic mass is 10.3. The molecule has 2 aromatic heterocycles. The molecule has 0 aliphatic carbocycles. The minimum Gasteiger partial charge on any atom is -0.365 e. The summed E-state index contributed by atoms with van der Waals surface area (Å²) in [5.41, 5.74) is 0. The highest BCUT2D eigenvalue weighted by Gasteiger charge is 2.27. The number of hydrogen-bond acceptors (Lipinski definition) is 7. The van der Waals surface area contributed by atoms with Gasteiger partial charge in [-0.05, 0) is 13.0 Å². The zero-order valence-electron chi connectivity index (χ0n) is 9.98. The molecule has 2 aromatic rings. The largest absolute Gasteiger partial charge is 0.365 e. The standard InChI is InChI=1S/C11H13N5O2/c1-8-14-10(18-15-8)9-7-16(5-6-17-9)11-12-3-2-4-13-11/h2-4,9H,5-7H2,1H3. The zero-order valence-corrected chi connectivity index (χ0v) is 9.98. The van der Waals surface area contributed by atoms with E-state index in [0.717, 1.165) is 6.54 Å². The van der Waals surface area contributed by atoms with Gasteiger partial charge in [0.1, 0.15) is 0 Å². The maximum atomic E-state index is 5.64. The van der Waals surface area contributed by atoms with E-state index in [4.69, 9.17) is 9.26 Å². The lowest BCUT2D eigenvalue weighted by molar-refractivity contribution is 0.0181. The Kier molecular flexibility index (Phi) is 2.89. The molecule has 3 heterocycles. The van der Waals surface area contributed by atoms with Crippen molar-refractivity contribution in [2.24, 2.45) is 0 Å². The van der Waals surface area contributed by atoms with Crippen molar-refractivity contribution < 1.29 is 9.26 Å². The highest BCUT2D eigenvalue weighted by molar-refractivity contribution is 5.29. The number of ether oxygens (including phenoxy) is 1. The van der Waals surface area contributed by atoms with Gasteiger partial charge in [-0.2, -0.15) is 4.98 Å². The number of aromatic nitrogens is 4. The van der Waals surface area contributed by atoms with Crippen LogP contribution in [-0.2, 0) is 4.74 Å². The molecule has 3 rings (SSSR count). The third-order valence-electron chi connectivity index (χ3n) is 2.72. The van der Waals surface area contributed by atoms with Crippen molar-refractivity contribution in [3.8, 4) is 0 Å². The van der Waals surface area contributed by atoms with Crippen LogP contribution >= 0.6 is 0 Å². The van der Waals surface area contributed by atoms with Gasteiger partial charge in [-0.15, -0.1) is 0 Å². The molecule has 18 heavy (non-hydrogen) atoms. The second kappa shape index (κ2) is 4.69. The molecule has 1 aliphatic rings. The quantitative estimate of drug-likeness (QED) is 0.774. The molecule has 1 unspecified atom stereocenters. The van der Waals surface area contributed by atoms with Gasteiger partial charge in [0.15, 0.2) is 11.9 Å². The zero-order chi connectivity index (χ0) is 12.4. The first kappa shape index (κ1) is 11.1. The summed E-state index contributed by atoms with van der Waals surface area (Å²) < 4.78 is 10.8. The predicted molar refractivity (Wildman–Crippen MR) is 62.0 cm³/mol. The predicted octanol–water partition coefficient (Wildman–Crippen LogP) is 0.746. The summed E-state index contributed by atoms with van der Waals surface area (Å²) in [6, 6.07) is 1.79. The maximum Gasteiger partial charge on any atom is 0.257 e. The molecule has 7 nitrogen and oxygen atoms in total. The van der Waals surface area contributed by atoms with Crippen molar-refractivity contribution in [1.82, 2.24) is 20.1 Å². The Morgan fingerprint density at radius 1 is 1.33 bits per heavy atom. The summed E-state index contributed by atoms with van der Waals surface area (Å²) in [5, 5.41) is 3.77. The van der Waals surface area contributed by atoms with Gasteiger partial charge >= 0.3 is 0 Å². The summed E-state index contributed by atoms with van der Waals surface area (Å²) >= 11 is 0. The maximum absolute atomic E-state index is 5.64. The summed E-state index contributed by atoms with van der Waals surface area (Å²) in [4.78, 5) is 14.7. The van der Waals surface area contributed by atoms with Gasteiger partial charge in [0.2, 0.25) is 5.95 Å². The molecule has 0 amide bonds. The Morgan fingerprint density at radius 3 is 2.89 bits per heavy atom. The molecule has 0 aromatic carbocycles. The fourth-order valence-electron chi connectivity index (χ4n) is 1.88. The molecule has 1 aliphatic heterocycles. The summed E-state index contributed by atoms with van der Waals surface area (Å²) in [6.07, 6.45) is 3.23. The van der Waals surface area contributed by atoms with E-state index in [1.807, 2.05) is 4.90 Å². The average molecular weight is 247 g/mol. The van der Waals surface area contributed by atoms with Crippen molar-refractivity contribution in [2.45, 2.75) is 13.0 Å². The highest BCUT2D eigenvalue weighted by Crippen LogP contribution is 2.22. The summed E-state index contributed by atoms with van der Waals surface area (Å²) in [7, 11) is 0. The van der Waals surface area contributed by atoms with Crippen LogP contribution in [-0.4, -0.2) is 39.8 Å². The van der Waals surface area contributed by atoms with Crippen molar-refractivity contribution in [2.75, 3.05) is 24.6 Å². The number of anilines is 1. The molecule has 0 N–H and O–H groups in total. The van der Waals surface area contributed by atoms with E-state index in [1.54, 1.807) is 25.4 Å². The first-order valence-electron chi connectivity index (χ1n) is 5.77. The first-order valence-corrected chi connectivity index (χ1v) is 5.77. The highest BCUT2D eigenvalue weighted by atomic mass is 16.5. The first-order chi connectivity index (χ1) is 8.83. The van der Waals surface area contributed by atoms with E-state index >= 15 is 0 Å². The van der Waals surface area contributed by atoms with Crippen LogP contribution in [0.4, 0.5) is 5.95 Å². The topological polar surface area (TPSA) is 77.2 Å². The van der Waals surface area contributed by atoms with Crippen molar-refractivity contribution >= 4 is 5.95 Å². The Morgan fingerprint density at radius 2 is 2.17 bits per heavy atom. The van der Waals surface area contributed by atoms with Crippen LogP contribution in [0.1, 0.15) is 17.8 Å². The van der Waals surface area contributed by atoms with E-state index in [0.29, 0.717) is 30.8 Å². The second-order valence-corrected chi connectivity index (χ2v) is 4.03. The molecule has 1 atom stereocenters. The monoisotopic (exact) mass is 247 g/mol. The van der Waals surface area contributed by atoms with Crippen LogP contribution < -0.4 is 4.90 Å². The van der Waals surface area contributed by atoms with Crippen LogP contribution in [0.5, 0.6) is 0 Å². The van der Waals surface area contributed by atoms with Gasteiger partial charge in [0, 0.05) is 18.9 Å². The van der Waals surface area contributed by atoms with E-state index in [1.165, 1.54) is 0 Å². The number of aryl methyl sites for hydroxylation is 1. The van der Waals surface area contributed by atoms with E-state index < -0.39 is 0 Å². The van der Waals surface area contributed by atoms with Crippen molar-refractivity contribution in [1.29, 1.82) is 0 Å². The lowest BCUT2D eigenvalue weighted by Gasteiger charge is -2.30. The van der Waals surface area contributed by atoms with Crippen LogP contribution in [0.15, 0.2) is 23.0 Å². The molecule has 1 saturated heterocycles. The molecular formula is C11H13N5O2. The number of morpholine rings is 1. The molecule has 0 bridgehead atoms. The van der Waals surface area contributed by atoms with E-state index in [2.05, 4.69) is 20.1 Å². The third-order valence-corrected chi connectivity index (χ3v) is 2.72. The minimum atomic E-state index is -0.219. The SMILES string of the molecule is Cc1noc(C2CN(c3ncccn3)CCO2)n1. The van der Waals surface area contributed by atoms with Gasteiger partial charge in [0.25, 0.3) is 5.89 Å². The van der Waals surface area contributed by atoms with Gasteiger partial charge in [0.05, 0.1) is 13.2 Å². The minimum absolute atomic E-state index is 0.219. The average Bonchev–Trinajstić information content (AvgIpc) is 2.87. The van der Waals surface area contributed by atoms with Crippen molar-refractivity contribution in [3.63, 3.8) is 0 Å². The fraction of sp³-hybridized carbons (Fsp3) is 0.455. The Balaban J connectivity index is 1.76. The van der Waals surface area contributed by atoms with Crippen LogP contribution in [0.2, 0.25) is 0 Å². The molecule has 1 fully saturated rings. The Labute approximate surface area is 104 Å². The molecule has 7 heteroatoms. The molecule has 0 spiro atoms. The van der Waals surface area contributed by atoms with Crippen LogP contribution in [0.25, 0.3) is 0 Å². The number of hydrogen-bond donors (Lipinski definition) is 0. The normalized spacial score (nSPS) is 20.1. The van der Waals surface area contributed by atoms with E-state index in [-0.39, 0.29) is 6.10 Å². The second-order valence-electron chi connectivity index (χ2n) is 4.03. The van der Waals surface area contributed by atoms with Gasteiger partial charge < -0.3 is 14.2 Å². The van der Waals surface area contributed by atoms with Gasteiger partial charge in [-0.25, -0.2) is 9.97 Å². The van der Waals surface area contributed by atoms with Crippen LogP contribution in [0.3, 0.4) is 0 Å². The summed E-state index contributed by atoms with van der Waals surface area (Å²) in [5.74, 6) is 1.82. The fourth-order valence-corrected chi connectivity index (χ4v) is 1.88. The molecule has 94 valence electrons. The van der Waals surface area contributed by atoms with Crippen LogP contribution in [0, 0.1) is 6.92 Å². The van der Waals surface area contributed by atoms with Crippen molar-refractivity contribution in [3.05, 3.63) is 30.2 Å². The van der Waals surface area contributed by atoms with Gasteiger partial charge in [-0.3, -0.25) is 0 Å². The molecule has 0 radical (unpaired) electrons. The van der Waals surface area contributed by atoms with E-state index in [9.17, 15) is 0 Å². The third kappa shape index (κ3) is 2.17. The smallest absolute Gasteiger partial charge is 0.257 e. The lowest BCUT2D eigenvalue weighted by Crippen LogP contribution is -2.39. The Hall–Kier alpha value is -2.02.